The van der Waals surface area contributed by atoms with Crippen molar-refractivity contribution in [1.29, 1.82) is 5.26 Å². The van der Waals surface area contributed by atoms with Crippen LogP contribution in [0.5, 0.6) is 0 Å². The van der Waals surface area contributed by atoms with Gasteiger partial charge in [0.2, 0.25) is 0 Å². The highest BCUT2D eigenvalue weighted by atomic mass is 14.9. The van der Waals surface area contributed by atoms with Crippen molar-refractivity contribution in [3.8, 4) is 6.07 Å². The van der Waals surface area contributed by atoms with Gasteiger partial charge in [-0.2, -0.15) is 5.26 Å². The van der Waals surface area contributed by atoms with Gasteiger partial charge in [-0.25, -0.2) is 0 Å². The summed E-state index contributed by atoms with van der Waals surface area (Å²) >= 11 is 0. The fourth-order valence-electron chi connectivity index (χ4n) is 1.42. The number of aromatic nitrogens is 1. The molecule has 1 rings (SSSR count). The average Bonchev–Trinajstić information content (AvgIpc) is 2.30. The molecule has 0 aliphatic rings. The summed E-state index contributed by atoms with van der Waals surface area (Å²) in [6.07, 6.45) is 6.31. The largest absolute Gasteiger partial charge is 0.310 e. The fourth-order valence-corrected chi connectivity index (χ4v) is 1.42. The molecule has 3 nitrogen and oxygen atoms in total. The molecule has 0 spiro atoms. The summed E-state index contributed by atoms with van der Waals surface area (Å²) in [5, 5.41) is 11.8. The van der Waals surface area contributed by atoms with Crippen molar-refractivity contribution in [1.82, 2.24) is 10.3 Å². The van der Waals surface area contributed by atoms with Crippen molar-refractivity contribution in [2.45, 2.75) is 32.2 Å². The Morgan fingerprint density at radius 3 is 2.80 bits per heavy atom. The number of nitrogens with zero attached hydrogens (tertiary/aromatic N) is 2. The Morgan fingerprint density at radius 1 is 1.40 bits per heavy atom. The zero-order chi connectivity index (χ0) is 10.9. The van der Waals surface area contributed by atoms with Gasteiger partial charge in [-0.1, -0.05) is 0 Å². The second-order valence-electron chi connectivity index (χ2n) is 3.57. The minimum absolute atomic E-state index is 0.357. The topological polar surface area (TPSA) is 48.7 Å². The minimum atomic E-state index is 0.357. The molecule has 1 atom stereocenters. The number of hydrogen-bond acceptors (Lipinski definition) is 3. The first kappa shape index (κ1) is 11.7. The third-order valence-electron chi connectivity index (χ3n) is 2.37. The van der Waals surface area contributed by atoms with Gasteiger partial charge in [-0.3, -0.25) is 4.98 Å². The summed E-state index contributed by atoms with van der Waals surface area (Å²) in [4.78, 5) is 3.98. The van der Waals surface area contributed by atoms with Crippen LogP contribution in [0, 0.1) is 11.3 Å². The number of hydrogen-bond donors (Lipinski definition) is 1. The predicted molar refractivity (Wildman–Crippen MR) is 60.1 cm³/mol. The van der Waals surface area contributed by atoms with Gasteiger partial charge in [0.25, 0.3) is 0 Å². The van der Waals surface area contributed by atoms with Gasteiger partial charge in [0, 0.05) is 24.9 Å². The minimum Gasteiger partial charge on any atom is -0.310 e. The van der Waals surface area contributed by atoms with Gasteiger partial charge < -0.3 is 5.32 Å². The number of pyridine rings is 1. The van der Waals surface area contributed by atoms with Crippen LogP contribution in [-0.2, 0) is 0 Å². The Hall–Kier alpha value is -1.40. The second-order valence-corrected chi connectivity index (χ2v) is 3.57. The van der Waals surface area contributed by atoms with Crippen molar-refractivity contribution in [3.05, 3.63) is 30.1 Å². The predicted octanol–water partition coefficient (Wildman–Crippen LogP) is 2.43. The number of rotatable bonds is 6. The van der Waals surface area contributed by atoms with E-state index in [0.717, 1.165) is 19.4 Å². The molecule has 80 valence electrons. The maximum absolute atomic E-state index is 8.38. The van der Waals surface area contributed by atoms with Crippen LogP contribution in [0.1, 0.15) is 37.8 Å². The van der Waals surface area contributed by atoms with E-state index < -0.39 is 0 Å². The lowest BCUT2D eigenvalue weighted by Crippen LogP contribution is -2.19. The molecule has 3 heteroatoms. The summed E-state index contributed by atoms with van der Waals surface area (Å²) in [6, 6.07) is 6.55. The molecular weight excluding hydrogens is 186 g/mol. The van der Waals surface area contributed by atoms with E-state index in [0.29, 0.717) is 12.5 Å². The molecular formula is C12H17N3. The maximum atomic E-state index is 8.38. The van der Waals surface area contributed by atoms with Gasteiger partial charge in [-0.05, 0) is 44.0 Å². The van der Waals surface area contributed by atoms with E-state index in [-0.39, 0.29) is 0 Å². The highest BCUT2D eigenvalue weighted by Crippen LogP contribution is 2.09. The maximum Gasteiger partial charge on any atom is 0.0621 e. The van der Waals surface area contributed by atoms with Crippen LogP contribution in [0.15, 0.2) is 24.5 Å². The Morgan fingerprint density at radius 2 is 2.13 bits per heavy atom. The van der Waals surface area contributed by atoms with Crippen molar-refractivity contribution in [2.75, 3.05) is 6.54 Å². The Kier molecular flexibility index (Phi) is 5.42. The first-order valence-corrected chi connectivity index (χ1v) is 5.35. The smallest absolute Gasteiger partial charge is 0.0621 e. The highest BCUT2D eigenvalue weighted by Gasteiger charge is 2.02. The quantitative estimate of drug-likeness (QED) is 0.722. The zero-order valence-corrected chi connectivity index (χ0v) is 9.11. The van der Waals surface area contributed by atoms with Crippen LogP contribution in [-0.4, -0.2) is 11.5 Å². The lowest BCUT2D eigenvalue weighted by Gasteiger charge is -2.13. The first-order valence-electron chi connectivity index (χ1n) is 5.35. The summed E-state index contributed by atoms with van der Waals surface area (Å²) in [6.45, 7) is 3.10. The molecule has 0 fully saturated rings. The van der Waals surface area contributed by atoms with Crippen LogP contribution in [0.4, 0.5) is 0 Å². The van der Waals surface area contributed by atoms with E-state index in [9.17, 15) is 0 Å². The van der Waals surface area contributed by atoms with Gasteiger partial charge in [0.1, 0.15) is 0 Å². The monoisotopic (exact) mass is 203 g/mol. The molecule has 1 N–H and O–H groups in total. The summed E-state index contributed by atoms with van der Waals surface area (Å²) in [5.74, 6) is 0. The average molecular weight is 203 g/mol. The lowest BCUT2D eigenvalue weighted by atomic mass is 10.1. The molecule has 0 bridgehead atoms. The van der Waals surface area contributed by atoms with Gasteiger partial charge >= 0.3 is 0 Å². The Labute approximate surface area is 91.1 Å². The van der Waals surface area contributed by atoms with Gasteiger partial charge in [-0.15, -0.1) is 0 Å². The van der Waals surface area contributed by atoms with Crippen LogP contribution < -0.4 is 5.32 Å². The van der Waals surface area contributed by atoms with Gasteiger partial charge in [0.05, 0.1) is 6.07 Å². The molecule has 0 aliphatic heterocycles. The lowest BCUT2D eigenvalue weighted by molar-refractivity contribution is 0.548. The van der Waals surface area contributed by atoms with E-state index in [2.05, 4.69) is 23.3 Å². The van der Waals surface area contributed by atoms with Gasteiger partial charge in [0.15, 0.2) is 0 Å². The SMILES string of the molecule is CC(NCCCCC#N)c1ccncc1. The molecule has 1 heterocycles. The zero-order valence-electron chi connectivity index (χ0n) is 9.11. The van der Waals surface area contributed by atoms with Crippen molar-refractivity contribution in [2.24, 2.45) is 0 Å². The summed E-state index contributed by atoms with van der Waals surface area (Å²) < 4.78 is 0. The normalized spacial score (nSPS) is 12.0. The number of nitriles is 1. The Balaban J connectivity index is 2.20. The van der Waals surface area contributed by atoms with Crippen LogP contribution in [0.2, 0.25) is 0 Å². The first-order chi connectivity index (χ1) is 7.34. The fraction of sp³-hybridized carbons (Fsp3) is 0.500. The van der Waals surface area contributed by atoms with Crippen molar-refractivity contribution in [3.63, 3.8) is 0 Å². The third kappa shape index (κ3) is 4.57. The van der Waals surface area contributed by atoms with E-state index in [1.165, 1.54) is 5.56 Å². The van der Waals surface area contributed by atoms with E-state index in [4.69, 9.17) is 5.26 Å². The van der Waals surface area contributed by atoms with Crippen molar-refractivity contribution >= 4 is 0 Å². The molecule has 1 aromatic rings. The molecule has 0 saturated carbocycles. The van der Waals surface area contributed by atoms with E-state index >= 15 is 0 Å². The second kappa shape index (κ2) is 6.97. The van der Waals surface area contributed by atoms with E-state index in [1.807, 2.05) is 24.5 Å². The number of nitrogens with one attached hydrogen (secondary N) is 1. The molecule has 0 radical (unpaired) electrons. The van der Waals surface area contributed by atoms with Crippen LogP contribution in [0.25, 0.3) is 0 Å². The molecule has 0 amide bonds. The van der Waals surface area contributed by atoms with Crippen LogP contribution >= 0.6 is 0 Å². The molecule has 0 aromatic carbocycles. The van der Waals surface area contributed by atoms with E-state index in [1.54, 1.807) is 0 Å². The Bertz CT molecular complexity index is 302. The molecule has 0 saturated heterocycles. The highest BCUT2D eigenvalue weighted by molar-refractivity contribution is 5.13. The molecule has 1 unspecified atom stereocenters. The molecule has 1 aromatic heterocycles. The van der Waals surface area contributed by atoms with Crippen molar-refractivity contribution < 1.29 is 0 Å². The third-order valence-corrected chi connectivity index (χ3v) is 2.37. The number of unbranched alkanes of at least 4 members (excludes halogenated alkanes) is 2. The molecule has 15 heavy (non-hydrogen) atoms. The standard InChI is InChI=1S/C12H17N3/c1-11(12-5-9-14-10-6-12)15-8-4-2-3-7-13/h5-6,9-11,15H,2-4,8H2,1H3. The van der Waals surface area contributed by atoms with Crippen LogP contribution in [0.3, 0.4) is 0 Å². The summed E-state index contributed by atoms with van der Waals surface area (Å²) in [7, 11) is 0. The molecule has 0 aliphatic carbocycles. The summed E-state index contributed by atoms with van der Waals surface area (Å²) in [5.41, 5.74) is 1.25.